The lowest BCUT2D eigenvalue weighted by Gasteiger charge is -2.20. The summed E-state index contributed by atoms with van der Waals surface area (Å²) in [6.07, 6.45) is 7.58. The minimum atomic E-state index is -4.14. The Balaban J connectivity index is 1.36. The molecular weight excluding hydrogens is 468 g/mol. The lowest BCUT2D eigenvalue weighted by Crippen LogP contribution is -2.35. The summed E-state index contributed by atoms with van der Waals surface area (Å²) in [4.78, 5) is 13.0. The second-order valence-corrected chi connectivity index (χ2v) is 10.5. The van der Waals surface area contributed by atoms with Crippen LogP contribution in [0.3, 0.4) is 0 Å². The van der Waals surface area contributed by atoms with Gasteiger partial charge in [-0.3, -0.25) is 4.68 Å². The van der Waals surface area contributed by atoms with Crippen LogP contribution in [0.4, 0.5) is 10.5 Å². The van der Waals surface area contributed by atoms with Crippen LogP contribution in [0, 0.1) is 6.92 Å². The van der Waals surface area contributed by atoms with E-state index in [1.807, 2.05) is 31.3 Å². The molecular formula is C24H24N6O4S. The van der Waals surface area contributed by atoms with E-state index in [4.69, 9.17) is 4.74 Å². The normalized spacial score (nSPS) is 15.1. The van der Waals surface area contributed by atoms with Gasteiger partial charge >= 0.3 is 6.03 Å². The van der Waals surface area contributed by atoms with Crippen molar-refractivity contribution in [3.63, 3.8) is 0 Å². The maximum absolute atomic E-state index is 13.1. The number of hydrogen-bond donors (Lipinski definition) is 2. The van der Waals surface area contributed by atoms with Crippen molar-refractivity contribution in [1.82, 2.24) is 24.1 Å². The number of carbonyl (C=O) groups excluding carboxylic acids is 1. The van der Waals surface area contributed by atoms with Gasteiger partial charge in [0, 0.05) is 18.0 Å². The predicted molar refractivity (Wildman–Crippen MR) is 129 cm³/mol. The van der Waals surface area contributed by atoms with Gasteiger partial charge in [-0.15, -0.1) is 0 Å². The number of aryl methyl sites for hydroxylation is 2. The van der Waals surface area contributed by atoms with Crippen molar-refractivity contribution in [3.05, 3.63) is 65.2 Å². The van der Waals surface area contributed by atoms with E-state index in [-0.39, 0.29) is 11.5 Å². The number of pyridine rings is 1. The molecule has 10 nitrogen and oxygen atoms in total. The van der Waals surface area contributed by atoms with E-state index < -0.39 is 16.1 Å². The SMILES string of the molecule is Cc1cc2c(c(NC(=O)NS(=O)(=O)c3cnn4c3COCC4)c1-c1ccn3nccc3c1)CCC2. The highest BCUT2D eigenvalue weighted by Gasteiger charge is 2.28. The van der Waals surface area contributed by atoms with Gasteiger partial charge in [-0.2, -0.15) is 10.2 Å². The first-order valence-corrected chi connectivity index (χ1v) is 12.9. The fraction of sp³-hybridized carbons (Fsp3) is 0.292. The molecule has 1 aromatic carbocycles. The highest BCUT2D eigenvalue weighted by molar-refractivity contribution is 7.90. The van der Waals surface area contributed by atoms with Crippen LogP contribution >= 0.6 is 0 Å². The lowest BCUT2D eigenvalue weighted by molar-refractivity contribution is 0.0780. The van der Waals surface area contributed by atoms with E-state index >= 15 is 0 Å². The third-order valence-electron chi connectivity index (χ3n) is 6.64. The van der Waals surface area contributed by atoms with E-state index in [2.05, 4.69) is 26.3 Å². The zero-order chi connectivity index (χ0) is 24.2. The molecule has 0 spiro atoms. The molecule has 6 rings (SSSR count). The summed E-state index contributed by atoms with van der Waals surface area (Å²) in [6.45, 7) is 3.07. The number of rotatable bonds is 4. The Bertz CT molecular complexity index is 1590. The molecule has 0 unspecified atom stereocenters. The zero-order valence-corrected chi connectivity index (χ0v) is 19.9. The van der Waals surface area contributed by atoms with Crippen LogP contribution in [0.2, 0.25) is 0 Å². The number of amides is 2. The van der Waals surface area contributed by atoms with Crippen molar-refractivity contribution >= 4 is 27.3 Å². The molecule has 11 heteroatoms. The minimum Gasteiger partial charge on any atom is -0.373 e. The third kappa shape index (κ3) is 3.76. The summed E-state index contributed by atoms with van der Waals surface area (Å²) in [5.74, 6) is 0. The summed E-state index contributed by atoms with van der Waals surface area (Å²) in [5.41, 5.74) is 7.03. The molecule has 2 N–H and O–H groups in total. The highest BCUT2D eigenvalue weighted by Crippen LogP contribution is 2.40. The highest BCUT2D eigenvalue weighted by atomic mass is 32.2. The van der Waals surface area contributed by atoms with Gasteiger partial charge < -0.3 is 10.1 Å². The second-order valence-electron chi connectivity index (χ2n) is 8.84. The number of carbonyl (C=O) groups is 1. The van der Waals surface area contributed by atoms with Crippen LogP contribution in [0.15, 0.2) is 47.8 Å². The Morgan fingerprint density at radius 1 is 1.17 bits per heavy atom. The fourth-order valence-electron chi connectivity index (χ4n) is 5.07. The van der Waals surface area contributed by atoms with Crippen LogP contribution in [-0.2, 0) is 40.8 Å². The number of anilines is 1. The molecule has 1 aliphatic heterocycles. The maximum atomic E-state index is 13.1. The van der Waals surface area contributed by atoms with Gasteiger partial charge in [-0.1, -0.05) is 6.07 Å². The van der Waals surface area contributed by atoms with Crippen LogP contribution in [0.1, 0.15) is 28.8 Å². The zero-order valence-electron chi connectivity index (χ0n) is 19.1. The number of nitrogens with one attached hydrogen (secondary N) is 2. The number of nitrogens with zero attached hydrogens (tertiary/aromatic N) is 4. The Kier molecular flexibility index (Phi) is 5.11. The van der Waals surface area contributed by atoms with Crippen molar-refractivity contribution in [2.24, 2.45) is 0 Å². The van der Waals surface area contributed by atoms with Gasteiger partial charge in [0.25, 0.3) is 10.0 Å². The van der Waals surface area contributed by atoms with E-state index in [9.17, 15) is 13.2 Å². The third-order valence-corrected chi connectivity index (χ3v) is 8.01. The fourth-order valence-corrected chi connectivity index (χ4v) is 6.14. The number of ether oxygens (including phenoxy) is 1. The van der Waals surface area contributed by atoms with Crippen molar-refractivity contribution < 1.29 is 17.9 Å². The molecule has 0 fully saturated rings. The van der Waals surface area contributed by atoms with E-state index in [1.165, 1.54) is 11.8 Å². The van der Waals surface area contributed by atoms with Crippen LogP contribution < -0.4 is 10.0 Å². The molecule has 0 saturated heterocycles. The Labute approximate surface area is 202 Å². The molecule has 0 bridgehead atoms. The van der Waals surface area contributed by atoms with Gasteiger partial charge in [-0.25, -0.2) is 22.4 Å². The molecule has 0 radical (unpaired) electrons. The molecule has 2 amide bonds. The minimum absolute atomic E-state index is 0.0479. The topological polar surface area (TPSA) is 120 Å². The Morgan fingerprint density at radius 3 is 2.94 bits per heavy atom. The standard InChI is InChI=1S/C24H24N6O4S/c1-15-11-16-3-2-4-19(16)23(22(15)17-6-8-29-18(12-17)5-7-25-29)27-24(31)28-35(32,33)21-13-26-30-9-10-34-14-20(21)30/h5-8,11-13H,2-4,9-10,14H2,1H3,(H2,27,28,31). The van der Waals surface area contributed by atoms with E-state index in [0.717, 1.165) is 47.0 Å². The molecule has 2 aliphatic rings. The molecule has 35 heavy (non-hydrogen) atoms. The number of fused-ring (bicyclic) bond motifs is 3. The monoisotopic (exact) mass is 492 g/mol. The van der Waals surface area contributed by atoms with Crippen molar-refractivity contribution in [2.75, 3.05) is 11.9 Å². The van der Waals surface area contributed by atoms with Crippen LogP contribution in [0.25, 0.3) is 16.6 Å². The average molecular weight is 493 g/mol. The van der Waals surface area contributed by atoms with E-state index in [1.54, 1.807) is 15.4 Å². The first-order valence-electron chi connectivity index (χ1n) is 11.5. The second kappa shape index (κ2) is 8.21. The number of hydrogen-bond acceptors (Lipinski definition) is 6. The molecule has 4 aromatic rings. The first-order chi connectivity index (χ1) is 16.9. The molecule has 0 atom stereocenters. The lowest BCUT2D eigenvalue weighted by atomic mass is 9.93. The number of urea groups is 1. The van der Waals surface area contributed by atoms with Crippen LogP contribution in [-0.4, -0.2) is 40.5 Å². The van der Waals surface area contributed by atoms with Gasteiger partial charge in [0.2, 0.25) is 0 Å². The van der Waals surface area contributed by atoms with Gasteiger partial charge in [-0.05, 0) is 66.6 Å². The van der Waals surface area contributed by atoms with Gasteiger partial charge in [0.05, 0.1) is 42.9 Å². The predicted octanol–water partition coefficient (Wildman–Crippen LogP) is 3.04. The summed E-state index contributed by atoms with van der Waals surface area (Å²) in [7, 11) is -4.14. The van der Waals surface area contributed by atoms with E-state index in [0.29, 0.717) is 24.5 Å². The summed E-state index contributed by atoms with van der Waals surface area (Å²) >= 11 is 0. The van der Waals surface area contributed by atoms with Gasteiger partial charge in [0.15, 0.2) is 0 Å². The number of aromatic nitrogens is 4. The maximum Gasteiger partial charge on any atom is 0.333 e. The summed E-state index contributed by atoms with van der Waals surface area (Å²) < 4.78 is 37.0. The molecule has 1 aliphatic carbocycles. The van der Waals surface area contributed by atoms with Crippen LogP contribution in [0.5, 0.6) is 0 Å². The Hall–Kier alpha value is -3.70. The smallest absolute Gasteiger partial charge is 0.333 e. The van der Waals surface area contributed by atoms with Crippen molar-refractivity contribution in [2.45, 2.75) is 44.2 Å². The number of benzene rings is 1. The van der Waals surface area contributed by atoms with Crippen molar-refractivity contribution in [3.8, 4) is 11.1 Å². The molecule has 3 aromatic heterocycles. The van der Waals surface area contributed by atoms with Gasteiger partial charge in [0.1, 0.15) is 4.90 Å². The summed E-state index contributed by atoms with van der Waals surface area (Å²) in [5, 5.41) is 11.3. The average Bonchev–Trinajstić information content (AvgIpc) is 3.57. The first kappa shape index (κ1) is 21.8. The number of sulfonamides is 1. The molecule has 4 heterocycles. The Morgan fingerprint density at radius 2 is 2.06 bits per heavy atom. The molecule has 180 valence electrons. The quantitative estimate of drug-likeness (QED) is 0.452. The summed E-state index contributed by atoms with van der Waals surface area (Å²) in [6, 6.07) is 7.22. The molecule has 0 saturated carbocycles. The largest absolute Gasteiger partial charge is 0.373 e. The van der Waals surface area contributed by atoms with Crippen molar-refractivity contribution in [1.29, 1.82) is 0 Å².